The van der Waals surface area contributed by atoms with Crippen LogP contribution < -0.4 is 25.8 Å². The lowest BCUT2D eigenvalue weighted by Gasteiger charge is -2.33. The van der Waals surface area contributed by atoms with Crippen LogP contribution in [-0.2, 0) is 17.8 Å². The predicted molar refractivity (Wildman–Crippen MR) is 142 cm³/mol. The zero-order valence-corrected chi connectivity index (χ0v) is 22.4. The molecule has 0 unspecified atom stereocenters. The van der Waals surface area contributed by atoms with Gasteiger partial charge in [0.15, 0.2) is 0 Å². The number of methoxy groups -OCH3 is 2. The molecule has 1 aromatic heterocycles. The summed E-state index contributed by atoms with van der Waals surface area (Å²) in [6, 6.07) is 7.05. The topological polar surface area (TPSA) is 128 Å². The van der Waals surface area contributed by atoms with E-state index in [9.17, 15) is 9.59 Å². The van der Waals surface area contributed by atoms with E-state index < -0.39 is 5.60 Å². The predicted octanol–water partition coefficient (Wildman–Crippen LogP) is 3.35. The third-order valence-electron chi connectivity index (χ3n) is 6.24. The van der Waals surface area contributed by atoms with Crippen molar-refractivity contribution in [3.63, 3.8) is 0 Å². The Morgan fingerprint density at radius 3 is 2.49 bits per heavy atom. The van der Waals surface area contributed by atoms with Crippen molar-refractivity contribution < 1.29 is 23.8 Å². The summed E-state index contributed by atoms with van der Waals surface area (Å²) in [6.07, 6.45) is 3.13. The molecule has 10 heteroatoms. The Balaban J connectivity index is 1.49. The van der Waals surface area contributed by atoms with Gasteiger partial charge in [0.05, 0.1) is 31.2 Å². The van der Waals surface area contributed by atoms with E-state index in [4.69, 9.17) is 19.9 Å². The minimum Gasteiger partial charge on any atom is -0.497 e. The zero-order chi connectivity index (χ0) is 27.0. The Hall–Kier alpha value is -3.53. The number of nitrogens with one attached hydrogen (secondary N) is 2. The number of piperidine rings is 1. The van der Waals surface area contributed by atoms with Gasteiger partial charge >= 0.3 is 6.09 Å². The zero-order valence-electron chi connectivity index (χ0n) is 22.4. The van der Waals surface area contributed by atoms with Crippen molar-refractivity contribution in [3.05, 3.63) is 47.3 Å². The van der Waals surface area contributed by atoms with Gasteiger partial charge in [0.25, 0.3) is 5.91 Å². The van der Waals surface area contributed by atoms with Crippen molar-refractivity contribution in [3.8, 4) is 11.5 Å². The summed E-state index contributed by atoms with van der Waals surface area (Å²) < 4.78 is 16.1. The smallest absolute Gasteiger partial charge is 0.410 e. The fourth-order valence-corrected chi connectivity index (χ4v) is 4.16. The standard InChI is InChI=1S/C27H39N5O5/c1-27(2,3)37-26(34)32-12-9-18(10-13-32)15-29-17-22-24(28)21(8-11-30-22)25(33)31-16-19-6-7-20(35-4)14-23(19)36-5/h6-8,11,14,18,29H,9-10,12-13,15-17,28H2,1-5H3,(H,31,33). The number of carbonyl (C=O) groups is 2. The maximum Gasteiger partial charge on any atom is 0.410 e. The Morgan fingerprint density at radius 1 is 1.11 bits per heavy atom. The summed E-state index contributed by atoms with van der Waals surface area (Å²) in [7, 11) is 3.16. The Kier molecular flexibility index (Phi) is 9.57. The molecular formula is C27H39N5O5. The summed E-state index contributed by atoms with van der Waals surface area (Å²) in [5, 5.41) is 6.31. The van der Waals surface area contributed by atoms with Crippen molar-refractivity contribution in [1.29, 1.82) is 0 Å². The lowest BCUT2D eigenvalue weighted by Crippen LogP contribution is -2.43. The molecule has 2 heterocycles. The van der Waals surface area contributed by atoms with Gasteiger partial charge in [-0.05, 0) is 64.3 Å². The maximum absolute atomic E-state index is 12.9. The van der Waals surface area contributed by atoms with E-state index >= 15 is 0 Å². The highest BCUT2D eigenvalue weighted by molar-refractivity contribution is 5.99. The van der Waals surface area contributed by atoms with Crippen LogP contribution in [0, 0.1) is 5.92 Å². The van der Waals surface area contributed by atoms with Crippen LogP contribution >= 0.6 is 0 Å². The molecule has 0 spiro atoms. The van der Waals surface area contributed by atoms with Crippen LogP contribution in [0.5, 0.6) is 11.5 Å². The molecule has 2 amide bonds. The number of hydrogen-bond donors (Lipinski definition) is 3. The number of carbonyl (C=O) groups excluding carboxylic acids is 2. The van der Waals surface area contributed by atoms with E-state index in [0.717, 1.165) is 24.9 Å². The molecule has 0 atom stereocenters. The third kappa shape index (κ3) is 7.98. The number of nitrogens with two attached hydrogens (primary N) is 1. The first-order valence-corrected chi connectivity index (χ1v) is 12.5. The molecule has 3 rings (SSSR count). The van der Waals surface area contributed by atoms with Crippen LogP contribution in [0.25, 0.3) is 0 Å². The number of ether oxygens (including phenoxy) is 3. The van der Waals surface area contributed by atoms with Crippen molar-refractivity contribution in [2.45, 2.75) is 52.3 Å². The van der Waals surface area contributed by atoms with E-state index in [0.29, 0.717) is 54.0 Å². The van der Waals surface area contributed by atoms with Crippen molar-refractivity contribution in [1.82, 2.24) is 20.5 Å². The molecule has 1 aliphatic heterocycles. The quantitative estimate of drug-likeness (QED) is 0.466. The van der Waals surface area contributed by atoms with Crippen molar-refractivity contribution in [2.24, 2.45) is 5.92 Å². The number of likely N-dealkylation sites (tertiary alicyclic amines) is 1. The van der Waals surface area contributed by atoms with E-state index in [1.165, 1.54) is 0 Å². The molecule has 4 N–H and O–H groups in total. The molecule has 0 radical (unpaired) electrons. The first-order chi connectivity index (χ1) is 17.6. The fourth-order valence-electron chi connectivity index (χ4n) is 4.16. The van der Waals surface area contributed by atoms with Gasteiger partial charge in [-0.15, -0.1) is 0 Å². The van der Waals surface area contributed by atoms with Gasteiger partial charge in [-0.25, -0.2) is 4.79 Å². The Labute approximate surface area is 218 Å². The van der Waals surface area contributed by atoms with Gasteiger partial charge in [0.2, 0.25) is 0 Å². The second kappa shape index (κ2) is 12.6. The number of hydrogen-bond acceptors (Lipinski definition) is 8. The number of rotatable bonds is 9. The minimum atomic E-state index is -0.490. The summed E-state index contributed by atoms with van der Waals surface area (Å²) in [5.41, 5.74) is 8.00. The first kappa shape index (κ1) is 28.0. The molecule has 1 aliphatic rings. The summed E-state index contributed by atoms with van der Waals surface area (Å²) in [4.78, 5) is 31.2. The molecule has 0 bridgehead atoms. The highest BCUT2D eigenvalue weighted by atomic mass is 16.6. The van der Waals surface area contributed by atoms with Crippen molar-refractivity contribution in [2.75, 3.05) is 39.6 Å². The van der Waals surface area contributed by atoms with E-state index in [1.54, 1.807) is 37.4 Å². The number of amides is 2. The number of nitrogen functional groups attached to an aromatic ring is 1. The van der Waals surface area contributed by atoms with E-state index in [1.807, 2.05) is 32.9 Å². The number of aromatic nitrogens is 1. The second-order valence-electron chi connectivity index (χ2n) is 10.1. The third-order valence-corrected chi connectivity index (χ3v) is 6.24. The molecule has 1 aromatic carbocycles. The summed E-state index contributed by atoms with van der Waals surface area (Å²) in [5.74, 6) is 1.46. The number of nitrogens with zero attached hydrogens (tertiary/aromatic N) is 2. The molecule has 0 aliphatic carbocycles. The lowest BCUT2D eigenvalue weighted by molar-refractivity contribution is 0.0184. The van der Waals surface area contributed by atoms with Crippen LogP contribution in [0.15, 0.2) is 30.5 Å². The minimum absolute atomic E-state index is 0.253. The monoisotopic (exact) mass is 513 g/mol. The molecule has 0 saturated carbocycles. The molecule has 1 fully saturated rings. The normalized spacial score (nSPS) is 14.2. The van der Waals surface area contributed by atoms with Crippen LogP contribution in [-0.4, -0.2) is 61.3 Å². The van der Waals surface area contributed by atoms with Crippen LogP contribution in [0.3, 0.4) is 0 Å². The van der Waals surface area contributed by atoms with E-state index in [-0.39, 0.29) is 18.5 Å². The molecule has 202 valence electrons. The molecular weight excluding hydrogens is 474 g/mol. The highest BCUT2D eigenvalue weighted by Gasteiger charge is 2.26. The lowest BCUT2D eigenvalue weighted by atomic mass is 9.97. The molecule has 37 heavy (non-hydrogen) atoms. The maximum atomic E-state index is 12.9. The average Bonchev–Trinajstić information content (AvgIpc) is 2.87. The van der Waals surface area contributed by atoms with E-state index in [2.05, 4.69) is 15.6 Å². The first-order valence-electron chi connectivity index (χ1n) is 12.5. The SMILES string of the molecule is COc1ccc(CNC(=O)c2ccnc(CNCC3CCN(C(=O)OC(C)(C)C)CC3)c2N)c(OC)c1. The van der Waals surface area contributed by atoms with Crippen LogP contribution in [0.2, 0.25) is 0 Å². The fraction of sp³-hybridized carbons (Fsp3) is 0.519. The second-order valence-corrected chi connectivity index (χ2v) is 10.1. The number of pyridine rings is 1. The summed E-state index contributed by atoms with van der Waals surface area (Å²) >= 11 is 0. The van der Waals surface area contributed by atoms with Crippen LogP contribution in [0.1, 0.15) is 55.2 Å². The van der Waals surface area contributed by atoms with Gasteiger partial charge in [-0.1, -0.05) is 0 Å². The largest absolute Gasteiger partial charge is 0.497 e. The molecule has 2 aromatic rings. The van der Waals surface area contributed by atoms with Gasteiger partial charge in [0.1, 0.15) is 17.1 Å². The highest BCUT2D eigenvalue weighted by Crippen LogP contribution is 2.25. The average molecular weight is 514 g/mol. The van der Waals surface area contributed by atoms with Gasteiger partial charge in [-0.3, -0.25) is 9.78 Å². The number of benzene rings is 1. The van der Waals surface area contributed by atoms with Gasteiger partial charge in [-0.2, -0.15) is 0 Å². The summed E-state index contributed by atoms with van der Waals surface area (Å²) in [6.45, 7) is 8.48. The Bertz CT molecular complexity index is 1080. The van der Waals surface area contributed by atoms with Crippen molar-refractivity contribution >= 4 is 17.7 Å². The van der Waals surface area contributed by atoms with Crippen LogP contribution in [0.4, 0.5) is 10.5 Å². The molecule has 1 saturated heterocycles. The molecule has 10 nitrogen and oxygen atoms in total. The Morgan fingerprint density at radius 2 is 1.84 bits per heavy atom. The van der Waals surface area contributed by atoms with Gasteiger partial charge in [0, 0.05) is 44.0 Å². The van der Waals surface area contributed by atoms with Gasteiger partial charge < -0.3 is 35.5 Å². The number of anilines is 1.